The van der Waals surface area contributed by atoms with Crippen LogP contribution in [0.1, 0.15) is 26.7 Å². The molecule has 96 valence electrons. The largest absolute Gasteiger partial charge is 0.271 e. The van der Waals surface area contributed by atoms with Gasteiger partial charge in [0.05, 0.1) is 0 Å². The maximum atomic E-state index is 13.4. The molecule has 0 saturated carbocycles. The quantitative estimate of drug-likeness (QED) is 0.447. The van der Waals surface area contributed by atoms with Gasteiger partial charge in [0.1, 0.15) is 5.82 Å². The van der Waals surface area contributed by atoms with Gasteiger partial charge in [-0.1, -0.05) is 38.8 Å². The van der Waals surface area contributed by atoms with Gasteiger partial charge in [0, 0.05) is 16.7 Å². The molecule has 0 aliphatic rings. The monoisotopic (exact) mass is 256 g/mol. The van der Waals surface area contributed by atoms with Gasteiger partial charge >= 0.3 is 0 Å². The Morgan fingerprint density at radius 2 is 1.94 bits per heavy atom. The van der Waals surface area contributed by atoms with E-state index in [1.807, 2.05) is 6.07 Å². The second-order valence-electron chi connectivity index (χ2n) is 4.09. The first-order valence-electron chi connectivity index (χ1n) is 6.06. The molecule has 0 radical (unpaired) electrons. The van der Waals surface area contributed by atoms with Crippen molar-refractivity contribution in [2.45, 2.75) is 37.6 Å². The minimum Gasteiger partial charge on any atom is -0.271 e. The average Bonchev–Trinajstić information content (AvgIpc) is 2.36. The van der Waals surface area contributed by atoms with Crippen molar-refractivity contribution < 1.29 is 4.39 Å². The van der Waals surface area contributed by atoms with Gasteiger partial charge in [0.25, 0.3) is 0 Å². The highest BCUT2D eigenvalue weighted by molar-refractivity contribution is 7.99. The predicted molar refractivity (Wildman–Crippen MR) is 72.3 cm³/mol. The Balaban J connectivity index is 2.56. The molecule has 1 aromatic carbocycles. The molecular formula is C13H21FN2S. The molecule has 0 spiro atoms. The van der Waals surface area contributed by atoms with Gasteiger partial charge < -0.3 is 0 Å². The third-order valence-electron chi connectivity index (χ3n) is 3.09. The Morgan fingerprint density at radius 1 is 1.29 bits per heavy atom. The van der Waals surface area contributed by atoms with E-state index in [0.717, 1.165) is 18.6 Å². The van der Waals surface area contributed by atoms with Gasteiger partial charge in [-0.25, -0.2) is 4.39 Å². The van der Waals surface area contributed by atoms with Crippen LogP contribution in [-0.2, 0) is 0 Å². The van der Waals surface area contributed by atoms with Crippen LogP contribution >= 0.6 is 11.8 Å². The van der Waals surface area contributed by atoms with E-state index in [0.29, 0.717) is 10.8 Å². The number of hydrogen-bond donors (Lipinski definition) is 2. The summed E-state index contributed by atoms with van der Waals surface area (Å²) in [7, 11) is 0. The highest BCUT2D eigenvalue weighted by Crippen LogP contribution is 2.25. The zero-order valence-electron chi connectivity index (χ0n) is 10.4. The fraction of sp³-hybridized carbons (Fsp3) is 0.538. The van der Waals surface area contributed by atoms with E-state index in [1.54, 1.807) is 12.1 Å². The lowest BCUT2D eigenvalue weighted by atomic mass is 9.96. The van der Waals surface area contributed by atoms with Crippen molar-refractivity contribution >= 4 is 11.8 Å². The van der Waals surface area contributed by atoms with E-state index >= 15 is 0 Å². The number of nitrogens with one attached hydrogen (secondary N) is 1. The third kappa shape index (κ3) is 4.30. The number of benzene rings is 1. The fourth-order valence-electron chi connectivity index (χ4n) is 1.92. The first-order valence-corrected chi connectivity index (χ1v) is 7.04. The van der Waals surface area contributed by atoms with E-state index in [2.05, 4.69) is 19.3 Å². The van der Waals surface area contributed by atoms with Gasteiger partial charge in [0.15, 0.2) is 0 Å². The third-order valence-corrected chi connectivity index (χ3v) is 4.25. The van der Waals surface area contributed by atoms with Crippen LogP contribution in [0, 0.1) is 11.7 Å². The molecule has 1 aromatic rings. The lowest BCUT2D eigenvalue weighted by Gasteiger charge is -2.24. The molecule has 0 amide bonds. The second kappa shape index (κ2) is 7.69. The van der Waals surface area contributed by atoms with E-state index in [4.69, 9.17) is 5.84 Å². The van der Waals surface area contributed by atoms with Crippen LogP contribution in [0.5, 0.6) is 0 Å². The Morgan fingerprint density at radius 3 is 2.47 bits per heavy atom. The van der Waals surface area contributed by atoms with Gasteiger partial charge in [0.2, 0.25) is 0 Å². The number of hydrazine groups is 1. The minimum atomic E-state index is -0.155. The molecule has 0 fully saturated rings. The topological polar surface area (TPSA) is 38.0 Å². The highest BCUT2D eigenvalue weighted by Gasteiger charge is 2.17. The molecule has 1 rings (SSSR count). The zero-order chi connectivity index (χ0) is 12.7. The van der Waals surface area contributed by atoms with Crippen molar-refractivity contribution in [2.24, 2.45) is 11.8 Å². The van der Waals surface area contributed by atoms with E-state index in [1.165, 1.54) is 17.8 Å². The number of thioether (sulfide) groups is 1. The number of rotatable bonds is 7. The molecule has 0 aromatic heterocycles. The van der Waals surface area contributed by atoms with Crippen molar-refractivity contribution in [3.05, 3.63) is 30.1 Å². The van der Waals surface area contributed by atoms with Crippen molar-refractivity contribution in [1.29, 1.82) is 0 Å². The van der Waals surface area contributed by atoms with Crippen LogP contribution in [0.25, 0.3) is 0 Å². The van der Waals surface area contributed by atoms with E-state index in [-0.39, 0.29) is 11.9 Å². The number of halogens is 1. The maximum Gasteiger partial charge on any atom is 0.136 e. The summed E-state index contributed by atoms with van der Waals surface area (Å²) in [5.41, 5.74) is 2.85. The summed E-state index contributed by atoms with van der Waals surface area (Å²) in [4.78, 5) is 0.693. The molecule has 0 aliphatic carbocycles. The summed E-state index contributed by atoms with van der Waals surface area (Å²) in [6, 6.07) is 7.09. The van der Waals surface area contributed by atoms with Crippen molar-refractivity contribution in [1.82, 2.24) is 5.43 Å². The Kier molecular flexibility index (Phi) is 6.55. The molecule has 3 N–H and O–H groups in total. The summed E-state index contributed by atoms with van der Waals surface area (Å²) in [6.07, 6.45) is 2.17. The summed E-state index contributed by atoms with van der Waals surface area (Å²) in [5.74, 6) is 6.75. The van der Waals surface area contributed by atoms with Crippen LogP contribution in [0.4, 0.5) is 4.39 Å². The molecule has 1 unspecified atom stereocenters. The molecule has 0 bridgehead atoms. The molecular weight excluding hydrogens is 235 g/mol. The van der Waals surface area contributed by atoms with Crippen LogP contribution in [0.15, 0.2) is 29.2 Å². The maximum absolute atomic E-state index is 13.4. The molecule has 0 heterocycles. The summed E-state index contributed by atoms with van der Waals surface area (Å²) in [5, 5.41) is 0. The fourth-order valence-corrected chi connectivity index (χ4v) is 3.03. The first-order chi connectivity index (χ1) is 8.22. The molecule has 4 heteroatoms. The highest BCUT2D eigenvalue weighted by atomic mass is 32.2. The van der Waals surface area contributed by atoms with Crippen molar-refractivity contribution in [3.63, 3.8) is 0 Å². The molecule has 1 atom stereocenters. The molecule has 2 nitrogen and oxygen atoms in total. The van der Waals surface area contributed by atoms with Crippen LogP contribution in [-0.4, -0.2) is 11.8 Å². The van der Waals surface area contributed by atoms with E-state index in [9.17, 15) is 4.39 Å². The van der Waals surface area contributed by atoms with Gasteiger partial charge in [-0.3, -0.25) is 11.3 Å². The minimum absolute atomic E-state index is 0.155. The predicted octanol–water partition coefficient (Wildman–Crippen LogP) is 3.19. The van der Waals surface area contributed by atoms with Crippen molar-refractivity contribution in [3.8, 4) is 0 Å². The zero-order valence-corrected chi connectivity index (χ0v) is 11.3. The Hall–Kier alpha value is -0.580. The standard InChI is InChI=1S/C13H21FN2S/c1-3-10(4-2)12(16-15)9-17-13-8-6-5-7-11(13)14/h5-8,10,12,16H,3-4,9,15H2,1-2H3. The van der Waals surface area contributed by atoms with Gasteiger partial charge in [-0.2, -0.15) is 0 Å². The Labute approximate surface area is 107 Å². The molecule has 0 aliphatic heterocycles. The molecule has 0 saturated heterocycles. The van der Waals surface area contributed by atoms with Crippen molar-refractivity contribution in [2.75, 3.05) is 5.75 Å². The summed E-state index contributed by atoms with van der Waals surface area (Å²) >= 11 is 1.52. The van der Waals surface area contributed by atoms with Crippen LogP contribution in [0.3, 0.4) is 0 Å². The normalized spacial score (nSPS) is 13.0. The summed E-state index contributed by atoms with van der Waals surface area (Å²) < 4.78 is 13.4. The lowest BCUT2D eigenvalue weighted by molar-refractivity contribution is 0.364. The van der Waals surface area contributed by atoms with Crippen LogP contribution in [0.2, 0.25) is 0 Å². The lowest BCUT2D eigenvalue weighted by Crippen LogP contribution is -2.42. The summed E-state index contributed by atoms with van der Waals surface area (Å²) in [6.45, 7) is 4.32. The average molecular weight is 256 g/mol. The van der Waals surface area contributed by atoms with Gasteiger partial charge in [-0.05, 0) is 18.1 Å². The van der Waals surface area contributed by atoms with Gasteiger partial charge in [-0.15, -0.1) is 11.8 Å². The van der Waals surface area contributed by atoms with Crippen LogP contribution < -0.4 is 11.3 Å². The second-order valence-corrected chi connectivity index (χ2v) is 5.15. The Bertz CT molecular complexity index is 329. The smallest absolute Gasteiger partial charge is 0.136 e. The molecule has 17 heavy (non-hydrogen) atoms. The number of hydrogen-bond acceptors (Lipinski definition) is 3. The SMILES string of the molecule is CCC(CC)C(CSc1ccccc1F)NN. The van der Waals surface area contributed by atoms with E-state index < -0.39 is 0 Å². The number of nitrogens with two attached hydrogens (primary N) is 1. The first kappa shape index (κ1) is 14.5.